The average Bonchev–Trinajstić information content (AvgIpc) is 3.46. The summed E-state index contributed by atoms with van der Waals surface area (Å²) in [5, 5.41) is 2.70. The Hall–Kier alpha value is -4.42. The van der Waals surface area contributed by atoms with E-state index in [4.69, 9.17) is 0 Å². The van der Waals surface area contributed by atoms with Gasteiger partial charge in [-0.2, -0.15) is 0 Å². The maximum absolute atomic E-state index is 2.46. The second kappa shape index (κ2) is 9.10. The van der Waals surface area contributed by atoms with Gasteiger partial charge in [0.2, 0.25) is 0 Å². The Morgan fingerprint density at radius 3 is 1.90 bits per heavy atom. The second-order valence-corrected chi connectivity index (χ2v) is 11.2. The summed E-state index contributed by atoms with van der Waals surface area (Å²) >= 11 is 0. The monoisotopic (exact) mass is 500 g/mol. The van der Waals surface area contributed by atoms with Crippen molar-refractivity contribution >= 4 is 17.7 Å². The molecule has 0 aliphatic heterocycles. The number of hydrogen-bond acceptors (Lipinski definition) is 0. The third kappa shape index (κ3) is 3.82. The van der Waals surface area contributed by atoms with Crippen molar-refractivity contribution in [2.45, 2.75) is 33.6 Å². The Balaban J connectivity index is 1.65. The van der Waals surface area contributed by atoms with Gasteiger partial charge in [-0.05, 0) is 106 Å². The van der Waals surface area contributed by atoms with Crippen molar-refractivity contribution in [1.29, 1.82) is 0 Å². The molecule has 7 rings (SSSR count). The largest absolute Gasteiger partial charge is 0.0622 e. The molecule has 0 spiro atoms. The van der Waals surface area contributed by atoms with E-state index in [1.54, 1.807) is 0 Å². The normalized spacial score (nSPS) is 14.8. The van der Waals surface area contributed by atoms with Gasteiger partial charge >= 0.3 is 0 Å². The number of fused-ring (bicyclic) bond motifs is 4. The molecule has 39 heavy (non-hydrogen) atoms. The van der Waals surface area contributed by atoms with E-state index in [9.17, 15) is 0 Å². The molecule has 0 fully saturated rings. The van der Waals surface area contributed by atoms with Gasteiger partial charge in [-0.3, -0.25) is 0 Å². The van der Waals surface area contributed by atoms with E-state index in [1.807, 2.05) is 0 Å². The third-order valence-electron chi connectivity index (χ3n) is 8.55. The molecule has 0 saturated heterocycles. The lowest BCUT2D eigenvalue weighted by Gasteiger charge is -2.22. The number of benzene rings is 5. The van der Waals surface area contributed by atoms with Gasteiger partial charge in [-0.15, -0.1) is 0 Å². The molecule has 0 aromatic heterocycles. The van der Waals surface area contributed by atoms with Crippen molar-refractivity contribution in [2.75, 3.05) is 0 Å². The highest BCUT2D eigenvalue weighted by Gasteiger charge is 2.30. The molecular formula is C39H32. The summed E-state index contributed by atoms with van der Waals surface area (Å²) in [6.07, 6.45) is 4.83. The van der Waals surface area contributed by atoms with Gasteiger partial charge in [0.25, 0.3) is 0 Å². The first-order valence-corrected chi connectivity index (χ1v) is 13.9. The van der Waals surface area contributed by atoms with Crippen LogP contribution in [0, 0.1) is 20.8 Å². The zero-order valence-electron chi connectivity index (χ0n) is 23.0. The van der Waals surface area contributed by atoms with E-state index in [1.165, 1.54) is 82.8 Å². The van der Waals surface area contributed by atoms with Crippen molar-refractivity contribution in [3.05, 3.63) is 169 Å². The van der Waals surface area contributed by atoms with E-state index < -0.39 is 0 Å². The van der Waals surface area contributed by atoms with E-state index in [0.29, 0.717) is 0 Å². The molecule has 5 aromatic carbocycles. The fourth-order valence-electron chi connectivity index (χ4n) is 6.75. The molecule has 0 radical (unpaired) electrons. The smallest absolute Gasteiger partial charge is 0.0314 e. The summed E-state index contributed by atoms with van der Waals surface area (Å²) in [6, 6.07) is 38.1. The predicted molar refractivity (Wildman–Crippen MR) is 165 cm³/mol. The minimum Gasteiger partial charge on any atom is -0.0622 e. The highest BCUT2D eigenvalue weighted by Crippen LogP contribution is 2.42. The summed E-state index contributed by atoms with van der Waals surface area (Å²) < 4.78 is 0. The zero-order chi connectivity index (χ0) is 26.7. The number of rotatable bonds is 3. The molecular weight excluding hydrogens is 468 g/mol. The van der Waals surface area contributed by atoms with Crippen LogP contribution < -0.4 is 10.4 Å². The maximum Gasteiger partial charge on any atom is 0.0314 e. The van der Waals surface area contributed by atoms with Crippen LogP contribution in [0.3, 0.4) is 0 Å². The molecule has 0 amide bonds. The summed E-state index contributed by atoms with van der Waals surface area (Å²) in [6.45, 7) is 9.05. The van der Waals surface area contributed by atoms with Crippen molar-refractivity contribution in [2.24, 2.45) is 0 Å². The quantitative estimate of drug-likeness (QED) is 0.230. The topological polar surface area (TPSA) is 0 Å². The Kier molecular flexibility index (Phi) is 5.53. The van der Waals surface area contributed by atoms with E-state index in [-0.39, 0.29) is 5.92 Å². The van der Waals surface area contributed by atoms with Gasteiger partial charge in [-0.25, -0.2) is 0 Å². The van der Waals surface area contributed by atoms with Crippen LogP contribution in [0.2, 0.25) is 0 Å². The molecule has 0 nitrogen and oxygen atoms in total. The van der Waals surface area contributed by atoms with Crippen molar-refractivity contribution in [3.8, 4) is 11.1 Å². The molecule has 2 aliphatic rings. The lowest BCUT2D eigenvalue weighted by Crippen LogP contribution is -2.26. The minimum absolute atomic E-state index is 0.244. The van der Waals surface area contributed by atoms with Crippen LogP contribution in [0.25, 0.3) is 28.9 Å². The summed E-state index contributed by atoms with van der Waals surface area (Å²) in [5.41, 5.74) is 17.4. The van der Waals surface area contributed by atoms with Crippen molar-refractivity contribution in [3.63, 3.8) is 0 Å². The van der Waals surface area contributed by atoms with Gasteiger partial charge in [0.15, 0.2) is 0 Å². The summed E-state index contributed by atoms with van der Waals surface area (Å²) in [7, 11) is 0. The summed E-state index contributed by atoms with van der Waals surface area (Å²) in [4.78, 5) is 0. The highest BCUT2D eigenvalue weighted by atomic mass is 14.3. The Morgan fingerprint density at radius 1 is 0.564 bits per heavy atom. The molecule has 0 heteroatoms. The van der Waals surface area contributed by atoms with Crippen molar-refractivity contribution < 1.29 is 0 Å². The first kappa shape index (κ1) is 23.7. The fraction of sp³-hybridized carbons (Fsp3) is 0.128. The van der Waals surface area contributed by atoms with Crippen LogP contribution in [0.1, 0.15) is 62.9 Å². The molecule has 1 atom stereocenters. The first-order valence-electron chi connectivity index (χ1n) is 13.9. The third-order valence-corrected chi connectivity index (χ3v) is 8.55. The van der Waals surface area contributed by atoms with Crippen LogP contribution in [-0.2, 0) is 0 Å². The molecule has 1 unspecified atom stereocenters. The standard InChI is InChI=1S/C39H32/c1-24-16-18-32-31(19-24)22-36-35(32)23-33(39(28-11-7-5-8-12-28)29-13-9-6-10-14-29)27(4)38(36)37-26(3)21-30-17-15-25(2)20-34(30)37/h5-23,37H,1-4H3. The zero-order valence-corrected chi connectivity index (χ0v) is 23.0. The predicted octanol–water partition coefficient (Wildman–Crippen LogP) is 8.22. The fourth-order valence-corrected chi connectivity index (χ4v) is 6.75. The van der Waals surface area contributed by atoms with E-state index in [2.05, 4.69) is 143 Å². The van der Waals surface area contributed by atoms with E-state index >= 15 is 0 Å². The molecule has 0 heterocycles. The molecule has 0 N–H and O–H groups in total. The van der Waals surface area contributed by atoms with Gasteiger partial charge in [0.05, 0.1) is 0 Å². The Labute approximate surface area is 231 Å². The molecule has 0 saturated carbocycles. The first-order chi connectivity index (χ1) is 19.0. The molecule has 188 valence electrons. The number of aryl methyl sites for hydroxylation is 2. The van der Waals surface area contributed by atoms with Gasteiger partial charge in [0.1, 0.15) is 0 Å². The molecule has 2 aliphatic carbocycles. The summed E-state index contributed by atoms with van der Waals surface area (Å²) in [5.74, 6) is 0.244. The van der Waals surface area contributed by atoms with Crippen LogP contribution in [0.15, 0.2) is 109 Å². The molecule has 5 aromatic rings. The van der Waals surface area contributed by atoms with Gasteiger partial charge in [0, 0.05) is 5.92 Å². The van der Waals surface area contributed by atoms with Crippen LogP contribution >= 0.6 is 0 Å². The number of allylic oxidation sites excluding steroid dienone is 1. The average molecular weight is 501 g/mol. The second-order valence-electron chi connectivity index (χ2n) is 11.2. The van der Waals surface area contributed by atoms with Crippen molar-refractivity contribution in [1.82, 2.24) is 0 Å². The van der Waals surface area contributed by atoms with Crippen LogP contribution in [0.4, 0.5) is 0 Å². The highest BCUT2D eigenvalue weighted by molar-refractivity contribution is 5.88. The maximum atomic E-state index is 2.46. The molecule has 0 bridgehead atoms. The lowest BCUT2D eigenvalue weighted by atomic mass is 9.81. The van der Waals surface area contributed by atoms with E-state index in [0.717, 1.165) is 0 Å². The SMILES string of the molecule is CC1=Cc2ccc(C)cc2C1c1c(C)c(=C(c2ccccc2)c2ccccc2)cc2c1=Cc1cc(C)ccc1-2. The Morgan fingerprint density at radius 2 is 1.21 bits per heavy atom. The lowest BCUT2D eigenvalue weighted by molar-refractivity contribution is 0.946. The number of hydrogen-bond donors (Lipinski definition) is 0. The van der Waals surface area contributed by atoms with Crippen LogP contribution in [0.5, 0.6) is 0 Å². The van der Waals surface area contributed by atoms with Gasteiger partial charge in [-0.1, -0.05) is 120 Å². The Bertz CT molecular complexity index is 1880. The van der Waals surface area contributed by atoms with Gasteiger partial charge < -0.3 is 0 Å². The van der Waals surface area contributed by atoms with Crippen LogP contribution in [-0.4, -0.2) is 0 Å². The minimum atomic E-state index is 0.244.